The van der Waals surface area contributed by atoms with Gasteiger partial charge in [0.15, 0.2) is 5.84 Å². The second-order valence-electron chi connectivity index (χ2n) is 6.04. The van der Waals surface area contributed by atoms with Gasteiger partial charge in [-0.15, -0.1) is 16.1 Å². The molecule has 1 fully saturated rings. The molecular weight excluding hydrogens is 294 g/mol. The van der Waals surface area contributed by atoms with Crippen molar-refractivity contribution >= 4 is 28.5 Å². The average molecular weight is 315 g/mol. The smallest absolute Gasteiger partial charge is 0.170 e. The Morgan fingerprint density at radius 3 is 2.75 bits per heavy atom. The van der Waals surface area contributed by atoms with Crippen molar-refractivity contribution in [3.8, 4) is 0 Å². The molecule has 1 unspecified atom stereocenters. The molecule has 2 rings (SSSR count). The third-order valence-corrected chi connectivity index (χ3v) is 5.81. The Bertz CT molecular complexity index is 492. The monoisotopic (exact) mass is 315 g/mol. The van der Waals surface area contributed by atoms with E-state index >= 15 is 0 Å². The molecule has 0 aliphatic heterocycles. The molecule has 1 saturated carbocycles. The summed E-state index contributed by atoms with van der Waals surface area (Å²) in [6.45, 7) is 5.86. The van der Waals surface area contributed by atoms with Crippen molar-refractivity contribution in [1.29, 1.82) is 0 Å². The number of nitrogens with zero attached hydrogens (tertiary/aromatic N) is 1. The highest BCUT2D eigenvalue weighted by atomic mass is 32.2. The van der Waals surface area contributed by atoms with Crippen LogP contribution in [0.5, 0.6) is 0 Å². The number of hydrogen-bond donors (Lipinski definition) is 3. The van der Waals surface area contributed by atoms with Gasteiger partial charge in [0.2, 0.25) is 0 Å². The van der Waals surface area contributed by atoms with E-state index in [0.29, 0.717) is 11.5 Å². The van der Waals surface area contributed by atoms with E-state index in [1.54, 1.807) is 11.3 Å². The van der Waals surface area contributed by atoms with Gasteiger partial charge in [0, 0.05) is 27.2 Å². The van der Waals surface area contributed by atoms with Crippen LogP contribution in [0.1, 0.15) is 50.1 Å². The van der Waals surface area contributed by atoms with Gasteiger partial charge in [0.1, 0.15) is 4.75 Å². The van der Waals surface area contributed by atoms with E-state index in [1.165, 1.54) is 0 Å². The number of nitrogens with two attached hydrogens (primary N) is 1. The summed E-state index contributed by atoms with van der Waals surface area (Å²) >= 11 is 0.448. The van der Waals surface area contributed by atoms with Crippen molar-refractivity contribution in [3.05, 3.63) is 21.9 Å². The lowest BCUT2D eigenvalue weighted by Crippen LogP contribution is -2.41. The first-order valence-corrected chi connectivity index (χ1v) is 8.60. The number of amidine groups is 1. The van der Waals surface area contributed by atoms with Crippen molar-refractivity contribution in [2.75, 3.05) is 0 Å². The van der Waals surface area contributed by atoms with Gasteiger partial charge >= 0.3 is 0 Å². The Balaban J connectivity index is 2.15. The number of hydrogen-bond acceptors (Lipinski definition) is 5. The normalized spacial score (nSPS) is 19.9. The molecule has 1 aromatic heterocycles. The van der Waals surface area contributed by atoms with Gasteiger partial charge in [-0.05, 0) is 45.6 Å². The Kier molecular flexibility index (Phi) is 4.63. The lowest BCUT2D eigenvalue weighted by Gasteiger charge is -2.27. The molecule has 2 atom stereocenters. The molecule has 0 spiro atoms. The molecule has 0 amide bonds. The molecule has 1 aromatic rings. The van der Waals surface area contributed by atoms with Crippen LogP contribution in [0.4, 0.5) is 0 Å². The minimum Gasteiger partial charge on any atom is -0.598 e. The van der Waals surface area contributed by atoms with Crippen molar-refractivity contribution in [1.82, 2.24) is 4.72 Å². The van der Waals surface area contributed by atoms with E-state index in [2.05, 4.69) is 9.88 Å². The standard InChI is InChI=1S/C13H21N3O2S2/c1-13(2,3)20(18)16-11(8-4-5-8)10-6-9(7-19-10)12(14)15-17/h6-8,11,16-17H,4-5H2,1-3H3,(H2,14,15)/t11-,20?/m0/s1. The molecule has 0 saturated heterocycles. The predicted molar refractivity (Wildman–Crippen MR) is 83.3 cm³/mol. The molecule has 5 nitrogen and oxygen atoms in total. The lowest BCUT2D eigenvalue weighted by atomic mass is 10.1. The van der Waals surface area contributed by atoms with Crippen LogP contribution in [-0.2, 0) is 11.4 Å². The van der Waals surface area contributed by atoms with E-state index in [9.17, 15) is 4.55 Å². The van der Waals surface area contributed by atoms with Crippen molar-refractivity contribution < 1.29 is 9.76 Å². The quantitative estimate of drug-likeness (QED) is 0.256. The first kappa shape index (κ1) is 15.6. The molecule has 7 heteroatoms. The lowest BCUT2D eigenvalue weighted by molar-refractivity contribution is 0.318. The zero-order valence-corrected chi connectivity index (χ0v) is 13.6. The van der Waals surface area contributed by atoms with Crippen LogP contribution in [0.15, 0.2) is 16.6 Å². The van der Waals surface area contributed by atoms with Gasteiger partial charge in [0.05, 0.1) is 6.04 Å². The minimum atomic E-state index is -1.11. The summed E-state index contributed by atoms with van der Waals surface area (Å²) in [5.74, 6) is 0.638. The summed E-state index contributed by atoms with van der Waals surface area (Å²) in [5.41, 5.74) is 6.31. The second kappa shape index (κ2) is 5.93. The van der Waals surface area contributed by atoms with E-state index < -0.39 is 11.4 Å². The highest BCUT2D eigenvalue weighted by molar-refractivity contribution is 7.90. The van der Waals surface area contributed by atoms with Crippen LogP contribution in [0.25, 0.3) is 0 Å². The van der Waals surface area contributed by atoms with Gasteiger partial charge in [-0.1, -0.05) is 5.16 Å². The minimum absolute atomic E-state index is 0.0836. The molecule has 112 valence electrons. The van der Waals surface area contributed by atoms with Gasteiger partial charge in [-0.3, -0.25) is 0 Å². The fraction of sp³-hybridized carbons (Fsp3) is 0.615. The zero-order valence-electron chi connectivity index (χ0n) is 11.9. The summed E-state index contributed by atoms with van der Waals surface area (Å²) in [6.07, 6.45) is 2.30. The highest BCUT2D eigenvalue weighted by Gasteiger charge is 2.39. The summed E-state index contributed by atoms with van der Waals surface area (Å²) < 4.78 is 15.2. The molecular formula is C13H21N3O2S2. The van der Waals surface area contributed by atoms with Crippen molar-refractivity contribution in [2.45, 2.75) is 44.4 Å². The highest BCUT2D eigenvalue weighted by Crippen LogP contribution is 2.43. The van der Waals surface area contributed by atoms with Crippen LogP contribution >= 0.6 is 11.3 Å². The van der Waals surface area contributed by atoms with E-state index in [0.717, 1.165) is 17.7 Å². The summed E-state index contributed by atoms with van der Waals surface area (Å²) in [4.78, 5) is 1.09. The Morgan fingerprint density at radius 2 is 2.25 bits per heavy atom. The van der Waals surface area contributed by atoms with Crippen molar-refractivity contribution in [3.63, 3.8) is 0 Å². The van der Waals surface area contributed by atoms with Gasteiger partial charge in [-0.2, -0.15) is 0 Å². The molecule has 0 bridgehead atoms. The molecule has 4 N–H and O–H groups in total. The maximum Gasteiger partial charge on any atom is 0.170 e. The predicted octanol–water partition coefficient (Wildman–Crippen LogP) is 2.35. The third kappa shape index (κ3) is 3.66. The first-order chi connectivity index (χ1) is 9.32. The van der Waals surface area contributed by atoms with Crippen molar-refractivity contribution in [2.24, 2.45) is 16.8 Å². The zero-order chi connectivity index (χ0) is 14.9. The van der Waals surface area contributed by atoms with Crippen LogP contribution in [0, 0.1) is 5.92 Å². The van der Waals surface area contributed by atoms with Crippen LogP contribution < -0.4 is 10.5 Å². The maximum atomic E-state index is 12.3. The third-order valence-electron chi connectivity index (χ3n) is 3.21. The number of oxime groups is 1. The SMILES string of the molecule is CC(C)(C)[S+]([O-])N[C@H](c1cc(C(N)=NO)cs1)C1CC1. The summed E-state index contributed by atoms with van der Waals surface area (Å²) in [5, 5.41) is 13.6. The molecule has 0 aromatic carbocycles. The summed E-state index contributed by atoms with van der Waals surface area (Å²) in [7, 11) is 0. The topological polar surface area (TPSA) is 93.7 Å². The average Bonchev–Trinajstić information content (AvgIpc) is 3.10. The molecule has 1 aliphatic carbocycles. The molecule has 1 heterocycles. The first-order valence-electron chi connectivity index (χ1n) is 6.57. The van der Waals surface area contributed by atoms with Crippen LogP contribution in [-0.4, -0.2) is 20.3 Å². The molecule has 0 radical (unpaired) electrons. The number of rotatable bonds is 5. The van der Waals surface area contributed by atoms with Gasteiger partial charge < -0.3 is 15.5 Å². The van der Waals surface area contributed by atoms with Gasteiger partial charge in [0.25, 0.3) is 0 Å². The van der Waals surface area contributed by atoms with Gasteiger partial charge in [-0.25, -0.2) is 0 Å². The largest absolute Gasteiger partial charge is 0.598 e. The van der Waals surface area contributed by atoms with Crippen LogP contribution in [0.3, 0.4) is 0 Å². The fourth-order valence-electron chi connectivity index (χ4n) is 1.82. The van der Waals surface area contributed by atoms with Crippen LogP contribution in [0.2, 0.25) is 0 Å². The van der Waals surface area contributed by atoms with E-state index in [-0.39, 0.29) is 16.6 Å². The second-order valence-corrected chi connectivity index (χ2v) is 8.98. The molecule has 1 aliphatic rings. The number of nitrogens with one attached hydrogen (secondary N) is 1. The number of thiophene rings is 1. The van der Waals surface area contributed by atoms with E-state index in [1.807, 2.05) is 32.2 Å². The Morgan fingerprint density at radius 1 is 1.60 bits per heavy atom. The molecule has 20 heavy (non-hydrogen) atoms. The van der Waals surface area contributed by atoms with E-state index in [4.69, 9.17) is 10.9 Å². The Labute approximate surface area is 126 Å². The maximum absolute atomic E-state index is 12.3. The Hall–Kier alpha value is -0.760. The fourth-order valence-corrected chi connectivity index (χ4v) is 3.84. The summed E-state index contributed by atoms with van der Waals surface area (Å²) in [6, 6.07) is 2.00.